The first-order chi connectivity index (χ1) is 7.65. The number of halogens is 3. The Labute approximate surface area is 114 Å². The first-order valence-corrected chi connectivity index (χ1v) is 6.45. The van der Waals surface area contributed by atoms with Gasteiger partial charge in [-0.3, -0.25) is 0 Å². The maximum atomic E-state index is 8.38. The van der Waals surface area contributed by atoms with E-state index in [1.807, 2.05) is 0 Å². The summed E-state index contributed by atoms with van der Waals surface area (Å²) in [5.74, 6) is 0. The molecule has 1 rings (SSSR count). The summed E-state index contributed by atoms with van der Waals surface area (Å²) in [4.78, 5) is 0. The Kier molecular flexibility index (Phi) is 5.97. The van der Waals surface area contributed by atoms with Crippen LogP contribution >= 0.6 is 39.1 Å². The number of benzene rings is 1. The van der Waals surface area contributed by atoms with E-state index >= 15 is 0 Å². The van der Waals surface area contributed by atoms with E-state index in [4.69, 9.17) is 28.5 Å². The van der Waals surface area contributed by atoms with Gasteiger partial charge in [-0.1, -0.05) is 39.1 Å². The largest absolute Gasteiger partial charge is 0.383 e. The highest BCUT2D eigenvalue weighted by Gasteiger charge is 2.06. The molecule has 86 valence electrons. The Morgan fingerprint density at radius 1 is 1.25 bits per heavy atom. The van der Waals surface area contributed by atoms with Crippen molar-refractivity contribution in [2.45, 2.75) is 19.3 Å². The molecule has 0 unspecified atom stereocenters. The lowest BCUT2D eigenvalue weighted by atomic mass is 10.2. The van der Waals surface area contributed by atoms with Crippen LogP contribution in [0.2, 0.25) is 10.0 Å². The fourth-order valence-electron chi connectivity index (χ4n) is 1.25. The quantitative estimate of drug-likeness (QED) is 0.786. The molecular formula is C11H11BrCl2N2. The molecule has 0 amide bonds. The van der Waals surface area contributed by atoms with Crippen LogP contribution < -0.4 is 5.32 Å². The van der Waals surface area contributed by atoms with Crippen LogP contribution in [0.3, 0.4) is 0 Å². The highest BCUT2D eigenvalue weighted by molar-refractivity contribution is 9.10. The van der Waals surface area contributed by atoms with Crippen molar-refractivity contribution in [3.63, 3.8) is 0 Å². The van der Waals surface area contributed by atoms with E-state index in [1.54, 1.807) is 12.1 Å². The van der Waals surface area contributed by atoms with Gasteiger partial charge in [-0.05, 0) is 25.0 Å². The number of nitrogens with zero attached hydrogens (tertiary/aromatic N) is 1. The van der Waals surface area contributed by atoms with E-state index in [0.717, 1.165) is 29.5 Å². The summed E-state index contributed by atoms with van der Waals surface area (Å²) in [7, 11) is 0. The van der Waals surface area contributed by atoms with Gasteiger partial charge in [0.1, 0.15) is 0 Å². The van der Waals surface area contributed by atoms with Gasteiger partial charge >= 0.3 is 0 Å². The van der Waals surface area contributed by atoms with Crippen LogP contribution in [-0.2, 0) is 0 Å². The molecule has 0 radical (unpaired) electrons. The summed E-state index contributed by atoms with van der Waals surface area (Å²) in [5.41, 5.74) is 0.753. The van der Waals surface area contributed by atoms with Gasteiger partial charge in [0.15, 0.2) is 0 Å². The van der Waals surface area contributed by atoms with Gasteiger partial charge in [-0.2, -0.15) is 5.26 Å². The van der Waals surface area contributed by atoms with E-state index in [2.05, 4.69) is 27.3 Å². The Bertz CT molecular complexity index is 378. The molecule has 0 bridgehead atoms. The maximum Gasteiger partial charge on any atom is 0.0719 e. The van der Waals surface area contributed by atoms with E-state index < -0.39 is 0 Å². The van der Waals surface area contributed by atoms with Crippen LogP contribution in [0, 0.1) is 11.3 Å². The SMILES string of the molecule is N#CCCCCNc1c(Cl)cc(Br)cc1Cl. The van der Waals surface area contributed by atoms with Crippen LogP contribution in [0.4, 0.5) is 5.69 Å². The molecule has 2 nitrogen and oxygen atoms in total. The topological polar surface area (TPSA) is 35.8 Å². The molecule has 0 aliphatic heterocycles. The minimum Gasteiger partial charge on any atom is -0.383 e. The summed E-state index contributed by atoms with van der Waals surface area (Å²) in [6.07, 6.45) is 2.40. The van der Waals surface area contributed by atoms with Gasteiger partial charge in [0.25, 0.3) is 0 Å². The Balaban J connectivity index is 2.51. The second kappa shape index (κ2) is 7.01. The molecule has 16 heavy (non-hydrogen) atoms. The van der Waals surface area contributed by atoms with Gasteiger partial charge in [0.2, 0.25) is 0 Å². The van der Waals surface area contributed by atoms with Gasteiger partial charge < -0.3 is 5.32 Å². The van der Waals surface area contributed by atoms with Crippen molar-refractivity contribution in [3.05, 3.63) is 26.7 Å². The van der Waals surface area contributed by atoms with Gasteiger partial charge in [0.05, 0.1) is 21.8 Å². The van der Waals surface area contributed by atoms with Crippen molar-refractivity contribution in [2.75, 3.05) is 11.9 Å². The number of rotatable bonds is 5. The third kappa shape index (κ3) is 4.21. The molecule has 0 fully saturated rings. The number of nitrogens with one attached hydrogen (secondary N) is 1. The monoisotopic (exact) mass is 320 g/mol. The highest BCUT2D eigenvalue weighted by Crippen LogP contribution is 2.33. The van der Waals surface area contributed by atoms with Crippen LogP contribution in [0.5, 0.6) is 0 Å². The molecule has 0 saturated heterocycles. The summed E-state index contributed by atoms with van der Waals surface area (Å²) in [6, 6.07) is 5.70. The Morgan fingerprint density at radius 2 is 1.88 bits per heavy atom. The van der Waals surface area contributed by atoms with Crippen molar-refractivity contribution in [1.82, 2.24) is 0 Å². The second-order valence-electron chi connectivity index (χ2n) is 3.29. The van der Waals surface area contributed by atoms with Crippen molar-refractivity contribution in [3.8, 4) is 6.07 Å². The molecule has 5 heteroatoms. The molecule has 1 N–H and O–H groups in total. The molecular weight excluding hydrogens is 311 g/mol. The average molecular weight is 322 g/mol. The molecule has 0 aliphatic carbocycles. The lowest BCUT2D eigenvalue weighted by molar-refractivity contribution is 0.785. The minimum absolute atomic E-state index is 0.587. The molecule has 0 aliphatic rings. The normalized spacial score (nSPS) is 9.88. The maximum absolute atomic E-state index is 8.38. The lowest BCUT2D eigenvalue weighted by Crippen LogP contribution is -2.02. The van der Waals surface area contributed by atoms with Crippen molar-refractivity contribution in [2.24, 2.45) is 0 Å². The summed E-state index contributed by atoms with van der Waals surface area (Å²) in [6.45, 7) is 0.767. The van der Waals surface area contributed by atoms with Crippen LogP contribution in [0.25, 0.3) is 0 Å². The zero-order valence-corrected chi connectivity index (χ0v) is 11.7. The fraction of sp³-hybridized carbons (Fsp3) is 0.364. The zero-order valence-electron chi connectivity index (χ0n) is 8.56. The fourth-order valence-corrected chi connectivity index (χ4v) is 2.60. The number of nitriles is 1. The van der Waals surface area contributed by atoms with E-state index in [1.165, 1.54) is 0 Å². The Hall–Kier alpha value is -0.430. The smallest absolute Gasteiger partial charge is 0.0719 e. The van der Waals surface area contributed by atoms with Crippen molar-refractivity contribution in [1.29, 1.82) is 5.26 Å². The van der Waals surface area contributed by atoms with Crippen LogP contribution in [0.1, 0.15) is 19.3 Å². The molecule has 0 atom stereocenters. The minimum atomic E-state index is 0.587. The molecule has 1 aromatic carbocycles. The zero-order chi connectivity index (χ0) is 12.0. The number of hydrogen-bond donors (Lipinski definition) is 1. The number of anilines is 1. The first kappa shape index (κ1) is 13.6. The first-order valence-electron chi connectivity index (χ1n) is 4.90. The molecule has 0 saturated carbocycles. The number of hydrogen-bond acceptors (Lipinski definition) is 2. The third-order valence-electron chi connectivity index (χ3n) is 2.02. The molecule has 0 aromatic heterocycles. The van der Waals surface area contributed by atoms with E-state index in [-0.39, 0.29) is 0 Å². The summed E-state index contributed by atoms with van der Waals surface area (Å²) in [5, 5.41) is 12.8. The van der Waals surface area contributed by atoms with Crippen LogP contribution in [0.15, 0.2) is 16.6 Å². The van der Waals surface area contributed by atoms with Crippen LogP contribution in [-0.4, -0.2) is 6.54 Å². The van der Waals surface area contributed by atoms with Crippen molar-refractivity contribution < 1.29 is 0 Å². The lowest BCUT2D eigenvalue weighted by Gasteiger charge is -2.10. The molecule has 0 heterocycles. The average Bonchev–Trinajstić information content (AvgIpc) is 2.20. The van der Waals surface area contributed by atoms with Gasteiger partial charge in [0, 0.05) is 17.4 Å². The third-order valence-corrected chi connectivity index (χ3v) is 3.08. The number of unbranched alkanes of at least 4 members (excludes halogenated alkanes) is 2. The van der Waals surface area contributed by atoms with Crippen molar-refractivity contribution >= 4 is 44.8 Å². The van der Waals surface area contributed by atoms with E-state index in [9.17, 15) is 0 Å². The van der Waals surface area contributed by atoms with E-state index in [0.29, 0.717) is 16.5 Å². The summed E-state index contributed by atoms with van der Waals surface area (Å²) >= 11 is 15.4. The Morgan fingerprint density at radius 3 is 2.44 bits per heavy atom. The van der Waals surface area contributed by atoms with Gasteiger partial charge in [-0.15, -0.1) is 0 Å². The second-order valence-corrected chi connectivity index (χ2v) is 5.02. The standard InChI is InChI=1S/C11H11BrCl2N2/c12-8-6-9(13)11(10(14)7-8)16-5-3-1-2-4-15/h6-7,16H,1-3,5H2. The highest BCUT2D eigenvalue weighted by atomic mass is 79.9. The predicted molar refractivity (Wildman–Crippen MR) is 72.1 cm³/mol. The summed E-state index contributed by atoms with van der Waals surface area (Å²) < 4.78 is 0.859. The molecule has 0 spiro atoms. The van der Waals surface area contributed by atoms with Gasteiger partial charge in [-0.25, -0.2) is 0 Å². The molecule has 1 aromatic rings. The predicted octanol–water partition coefficient (Wildman–Crippen LogP) is 4.86.